The van der Waals surface area contributed by atoms with Gasteiger partial charge in [0.1, 0.15) is 6.17 Å². The molecule has 0 atom stereocenters. The van der Waals surface area contributed by atoms with Gasteiger partial charge in [0.2, 0.25) is 5.88 Å². The molecular weight excluding hydrogens is 523 g/mol. The fraction of sp³-hybridized carbons (Fsp3) is 0.321. The van der Waals surface area contributed by atoms with E-state index in [1.807, 2.05) is 30.5 Å². The average Bonchev–Trinajstić information content (AvgIpc) is 3.29. The maximum atomic E-state index is 13.4. The zero-order chi connectivity index (χ0) is 27.1. The summed E-state index contributed by atoms with van der Waals surface area (Å²) in [5, 5.41) is 9.19. The van der Waals surface area contributed by atoms with Crippen LogP contribution in [0.4, 0.5) is 4.39 Å². The van der Waals surface area contributed by atoms with Crippen molar-refractivity contribution >= 4 is 26.5 Å². The number of carbonyl (C=O) groups is 1. The summed E-state index contributed by atoms with van der Waals surface area (Å²) in [6, 6.07) is 12.5. The van der Waals surface area contributed by atoms with E-state index in [2.05, 4.69) is 15.4 Å². The van der Waals surface area contributed by atoms with Gasteiger partial charge in [0, 0.05) is 36.2 Å². The van der Waals surface area contributed by atoms with E-state index in [0.29, 0.717) is 30.0 Å². The molecule has 0 spiro atoms. The van der Waals surface area contributed by atoms with Gasteiger partial charge in [-0.2, -0.15) is 0 Å². The summed E-state index contributed by atoms with van der Waals surface area (Å²) in [6.45, 7) is 0.493. The van der Waals surface area contributed by atoms with Gasteiger partial charge in [-0.05, 0) is 40.8 Å². The fourth-order valence-corrected chi connectivity index (χ4v) is 6.33. The number of nitrogens with one attached hydrogen (secondary N) is 1. The minimum absolute atomic E-state index is 0.0375. The van der Waals surface area contributed by atoms with Gasteiger partial charge in [0.15, 0.2) is 9.84 Å². The van der Waals surface area contributed by atoms with Crippen LogP contribution in [0.2, 0.25) is 0 Å². The Labute approximate surface area is 224 Å². The van der Waals surface area contributed by atoms with Crippen LogP contribution in [0.1, 0.15) is 40.5 Å². The molecule has 39 heavy (non-hydrogen) atoms. The maximum absolute atomic E-state index is 13.4. The molecule has 0 saturated heterocycles. The number of amides is 1. The number of carbonyl (C=O) groups excluding carboxylic acids is 1. The molecule has 202 valence electrons. The molecule has 1 amide bonds. The minimum Gasteiger partial charge on any atom is -0.479 e. The molecule has 4 aromatic rings. The van der Waals surface area contributed by atoms with Crippen LogP contribution in [0, 0.1) is 0 Å². The smallest absolute Gasteiger partial charge is 0.251 e. The molecule has 1 N–H and O–H groups in total. The number of aromatic nitrogens is 3. The van der Waals surface area contributed by atoms with Crippen molar-refractivity contribution in [2.75, 3.05) is 19.5 Å². The zero-order valence-corrected chi connectivity index (χ0v) is 22.1. The van der Waals surface area contributed by atoms with Crippen molar-refractivity contribution in [3.05, 3.63) is 71.7 Å². The normalized spacial score (nSPS) is 20.1. The molecule has 3 heterocycles. The van der Waals surface area contributed by atoms with Crippen LogP contribution in [0.25, 0.3) is 21.9 Å². The predicted octanol–water partition coefficient (Wildman–Crippen LogP) is 4.01. The van der Waals surface area contributed by atoms with Crippen LogP contribution >= 0.6 is 0 Å². The van der Waals surface area contributed by atoms with Crippen LogP contribution in [-0.4, -0.2) is 54.7 Å². The van der Waals surface area contributed by atoms with Gasteiger partial charge in [-0.25, -0.2) is 12.8 Å². The highest BCUT2D eigenvalue weighted by atomic mass is 32.2. The van der Waals surface area contributed by atoms with Crippen molar-refractivity contribution < 1.29 is 27.1 Å². The quantitative estimate of drug-likeness (QED) is 0.386. The summed E-state index contributed by atoms with van der Waals surface area (Å²) in [7, 11) is -1.95. The van der Waals surface area contributed by atoms with E-state index in [9.17, 15) is 17.6 Å². The Balaban J connectivity index is 1.21. The number of pyridine rings is 1. The first-order valence-electron chi connectivity index (χ1n) is 12.7. The topological polar surface area (TPSA) is 112 Å². The lowest BCUT2D eigenvalue weighted by atomic mass is 9.91. The number of fused-ring (bicyclic) bond motifs is 2. The van der Waals surface area contributed by atoms with Crippen molar-refractivity contribution in [2.24, 2.45) is 0 Å². The number of hydrogen-bond donors (Lipinski definition) is 1. The van der Waals surface area contributed by atoms with Crippen molar-refractivity contribution in [1.29, 1.82) is 0 Å². The molecule has 6 rings (SSSR count). The first-order chi connectivity index (χ1) is 18.8. The van der Waals surface area contributed by atoms with E-state index in [-0.39, 0.29) is 42.0 Å². The second-order valence-electron chi connectivity index (χ2n) is 9.87. The van der Waals surface area contributed by atoms with Crippen molar-refractivity contribution in [3.63, 3.8) is 0 Å². The van der Waals surface area contributed by atoms with E-state index < -0.39 is 21.9 Å². The fourth-order valence-electron chi connectivity index (χ4n) is 4.94. The lowest BCUT2D eigenvalue weighted by molar-refractivity contribution is 0.0950. The molecule has 0 unspecified atom stereocenters. The van der Waals surface area contributed by atoms with Crippen molar-refractivity contribution in [1.82, 2.24) is 20.1 Å². The molecular formula is C28H27FN4O5S. The molecule has 1 aliphatic carbocycles. The molecule has 0 bridgehead atoms. The van der Waals surface area contributed by atoms with Crippen LogP contribution < -0.4 is 10.1 Å². The van der Waals surface area contributed by atoms with Gasteiger partial charge in [-0.3, -0.25) is 14.5 Å². The summed E-state index contributed by atoms with van der Waals surface area (Å²) in [6.07, 6.45) is 3.77. The van der Waals surface area contributed by atoms with Gasteiger partial charge < -0.3 is 14.8 Å². The molecule has 2 aromatic heterocycles. The standard InChI is InChI=1S/C28H27FN4O5S/c1-37-28-25(15-33(32-28)24-11-22(29)12-24)17-2-4-19-13-30-23(9-21(19)8-17)14-31-27(34)18-3-5-20-16-38-6-7-39(35,36)26(20)10-18/h2-5,8-10,13,15,22,24H,6-7,11-12,14,16H2,1H3,(H,31,34). The van der Waals surface area contributed by atoms with E-state index in [1.54, 1.807) is 30.1 Å². The van der Waals surface area contributed by atoms with Gasteiger partial charge in [-0.1, -0.05) is 18.2 Å². The number of hydrogen-bond acceptors (Lipinski definition) is 7. The highest BCUT2D eigenvalue weighted by molar-refractivity contribution is 7.91. The van der Waals surface area contributed by atoms with Gasteiger partial charge in [0.25, 0.3) is 5.91 Å². The third kappa shape index (κ3) is 4.99. The zero-order valence-electron chi connectivity index (χ0n) is 21.3. The Morgan fingerprint density at radius 2 is 2.03 bits per heavy atom. The molecule has 11 heteroatoms. The molecule has 9 nitrogen and oxygen atoms in total. The number of benzene rings is 2. The Morgan fingerprint density at radius 1 is 1.18 bits per heavy atom. The summed E-state index contributed by atoms with van der Waals surface area (Å²) >= 11 is 0. The van der Waals surface area contributed by atoms with Crippen LogP contribution in [0.5, 0.6) is 5.88 Å². The molecule has 2 aliphatic rings. The van der Waals surface area contributed by atoms with Crippen LogP contribution in [0.15, 0.2) is 59.8 Å². The number of methoxy groups -OCH3 is 1. The summed E-state index contributed by atoms with van der Waals surface area (Å²) in [4.78, 5) is 17.5. The van der Waals surface area contributed by atoms with E-state index in [0.717, 1.165) is 21.9 Å². The third-order valence-electron chi connectivity index (χ3n) is 7.26. The van der Waals surface area contributed by atoms with Crippen LogP contribution in [0.3, 0.4) is 0 Å². The highest BCUT2D eigenvalue weighted by Gasteiger charge is 2.32. The summed E-state index contributed by atoms with van der Waals surface area (Å²) in [5.74, 6) is -0.0237. The van der Waals surface area contributed by atoms with E-state index >= 15 is 0 Å². The molecule has 0 radical (unpaired) electrons. The number of sulfone groups is 1. The Hall–Kier alpha value is -3.83. The van der Waals surface area contributed by atoms with E-state index in [1.165, 1.54) is 6.07 Å². The first-order valence-corrected chi connectivity index (χ1v) is 14.3. The SMILES string of the molecule is COc1nn(C2CC(F)C2)cc1-c1ccc2cnc(CNC(=O)c3ccc4c(c3)S(=O)(=O)CCOC4)cc2c1. The maximum Gasteiger partial charge on any atom is 0.251 e. The number of nitrogens with zero attached hydrogens (tertiary/aromatic N) is 3. The lowest BCUT2D eigenvalue weighted by Crippen LogP contribution is -2.28. The third-order valence-corrected chi connectivity index (χ3v) is 9.01. The average molecular weight is 551 g/mol. The summed E-state index contributed by atoms with van der Waals surface area (Å²) in [5.41, 5.74) is 3.18. The Morgan fingerprint density at radius 3 is 2.82 bits per heavy atom. The number of ether oxygens (including phenoxy) is 2. The highest BCUT2D eigenvalue weighted by Crippen LogP contribution is 2.38. The summed E-state index contributed by atoms with van der Waals surface area (Å²) < 4.78 is 51.1. The molecule has 1 saturated carbocycles. The van der Waals surface area contributed by atoms with Crippen LogP contribution in [-0.2, 0) is 27.7 Å². The largest absolute Gasteiger partial charge is 0.479 e. The Bertz CT molecular complexity index is 1680. The molecule has 2 aromatic carbocycles. The second kappa shape index (κ2) is 10.0. The Kier molecular flexibility index (Phi) is 6.56. The number of halogens is 1. The van der Waals surface area contributed by atoms with Gasteiger partial charge >= 0.3 is 0 Å². The van der Waals surface area contributed by atoms with Crippen molar-refractivity contribution in [3.8, 4) is 17.0 Å². The van der Waals surface area contributed by atoms with Gasteiger partial charge in [0.05, 0.1) is 54.8 Å². The number of rotatable bonds is 6. The van der Waals surface area contributed by atoms with Gasteiger partial charge in [-0.15, -0.1) is 5.10 Å². The first kappa shape index (κ1) is 25.4. The molecule has 1 aliphatic heterocycles. The molecule has 1 fully saturated rings. The van der Waals surface area contributed by atoms with Crippen molar-refractivity contribution in [2.45, 2.75) is 43.1 Å². The van der Waals surface area contributed by atoms with E-state index in [4.69, 9.17) is 9.47 Å². The monoisotopic (exact) mass is 550 g/mol. The lowest BCUT2D eigenvalue weighted by Gasteiger charge is -2.29. The number of alkyl halides is 1. The second-order valence-corrected chi connectivity index (χ2v) is 11.9. The predicted molar refractivity (Wildman–Crippen MR) is 142 cm³/mol. The minimum atomic E-state index is -3.51.